The van der Waals surface area contributed by atoms with Crippen molar-refractivity contribution in [3.05, 3.63) is 86.3 Å². The SMILES string of the molecule is CCCN(CCC)Cc1ccc(-c2cc(C(=O)NCc3c(C)cc(C)n(C)c3=O)c(C)c(N(CC)C3CCCCC3)c2)cc1. The van der Waals surface area contributed by atoms with Gasteiger partial charge in [0.25, 0.3) is 11.5 Å². The zero-order chi connectivity index (χ0) is 31.8. The lowest BCUT2D eigenvalue weighted by Crippen LogP contribution is -2.37. The van der Waals surface area contributed by atoms with Crippen LogP contribution in [0.15, 0.2) is 47.3 Å². The molecule has 1 aromatic heterocycles. The summed E-state index contributed by atoms with van der Waals surface area (Å²) in [7, 11) is 1.78. The Kier molecular flexibility index (Phi) is 11.9. The van der Waals surface area contributed by atoms with E-state index in [2.05, 4.69) is 73.1 Å². The molecule has 0 atom stereocenters. The van der Waals surface area contributed by atoms with E-state index in [1.54, 1.807) is 11.6 Å². The lowest BCUT2D eigenvalue weighted by atomic mass is 9.91. The number of carbonyl (C=O) groups is 1. The van der Waals surface area contributed by atoms with Crippen LogP contribution in [0.1, 0.15) is 104 Å². The Balaban J connectivity index is 1.70. The molecular formula is C38H54N4O2. The van der Waals surface area contributed by atoms with Gasteiger partial charge < -0.3 is 14.8 Å². The molecule has 2 aromatic carbocycles. The Labute approximate surface area is 265 Å². The second-order valence-corrected chi connectivity index (χ2v) is 12.7. The normalized spacial score (nSPS) is 13.8. The maximum absolute atomic E-state index is 13.9. The summed E-state index contributed by atoms with van der Waals surface area (Å²) in [6.45, 7) is 16.9. The van der Waals surface area contributed by atoms with Crippen LogP contribution in [-0.2, 0) is 20.1 Å². The molecule has 0 spiro atoms. The zero-order valence-electron chi connectivity index (χ0n) is 28.3. The molecule has 1 aliphatic carbocycles. The second kappa shape index (κ2) is 15.6. The van der Waals surface area contributed by atoms with Crippen LogP contribution >= 0.6 is 0 Å². The van der Waals surface area contributed by atoms with Crippen molar-refractivity contribution in [3.8, 4) is 11.1 Å². The Morgan fingerprint density at radius 1 is 0.909 bits per heavy atom. The minimum Gasteiger partial charge on any atom is -0.369 e. The van der Waals surface area contributed by atoms with Crippen LogP contribution in [0, 0.1) is 20.8 Å². The highest BCUT2D eigenvalue weighted by Crippen LogP contribution is 2.35. The summed E-state index contributed by atoms with van der Waals surface area (Å²) in [6.07, 6.45) is 8.51. The topological polar surface area (TPSA) is 57.6 Å². The van der Waals surface area contributed by atoms with E-state index in [9.17, 15) is 9.59 Å². The van der Waals surface area contributed by atoms with Gasteiger partial charge in [0.15, 0.2) is 0 Å². The summed E-state index contributed by atoms with van der Waals surface area (Å²) in [6, 6.07) is 15.7. The monoisotopic (exact) mass is 598 g/mol. The molecule has 44 heavy (non-hydrogen) atoms. The predicted molar refractivity (Wildman–Crippen MR) is 185 cm³/mol. The van der Waals surface area contributed by atoms with Gasteiger partial charge in [0, 0.05) is 55.2 Å². The third kappa shape index (κ3) is 7.82. The highest BCUT2D eigenvalue weighted by molar-refractivity contribution is 5.99. The van der Waals surface area contributed by atoms with E-state index in [0.717, 1.165) is 72.7 Å². The molecule has 1 saturated carbocycles. The first-order chi connectivity index (χ1) is 21.2. The molecule has 1 aliphatic rings. The van der Waals surface area contributed by atoms with Gasteiger partial charge >= 0.3 is 0 Å². The van der Waals surface area contributed by atoms with Gasteiger partial charge in [-0.25, -0.2) is 0 Å². The summed E-state index contributed by atoms with van der Waals surface area (Å²) >= 11 is 0. The van der Waals surface area contributed by atoms with Crippen LogP contribution < -0.4 is 15.8 Å². The standard InChI is InChI=1S/C38H54N4O2/c1-8-20-41(21-9-2)26-30-16-18-31(19-17-30)32-23-34(29(6)36(24-32)42(10-3)33-14-12-11-13-15-33)37(43)39-25-35-27(4)22-28(5)40(7)38(35)44/h16-19,22-24,33H,8-15,20-21,25-26H2,1-7H3,(H,39,43). The van der Waals surface area contributed by atoms with Gasteiger partial charge in [-0.3, -0.25) is 14.5 Å². The van der Waals surface area contributed by atoms with E-state index in [-0.39, 0.29) is 18.0 Å². The minimum atomic E-state index is -0.140. The molecule has 238 valence electrons. The summed E-state index contributed by atoms with van der Waals surface area (Å²) in [5.41, 5.74) is 8.69. The second-order valence-electron chi connectivity index (χ2n) is 12.7. The fourth-order valence-corrected chi connectivity index (χ4v) is 6.89. The van der Waals surface area contributed by atoms with Crippen molar-refractivity contribution in [3.63, 3.8) is 0 Å². The number of amides is 1. The summed E-state index contributed by atoms with van der Waals surface area (Å²) < 4.78 is 1.65. The molecule has 1 amide bonds. The van der Waals surface area contributed by atoms with Crippen LogP contribution in [0.5, 0.6) is 0 Å². The van der Waals surface area contributed by atoms with Gasteiger partial charge in [0.1, 0.15) is 0 Å². The van der Waals surface area contributed by atoms with Crippen LogP contribution in [0.2, 0.25) is 0 Å². The van der Waals surface area contributed by atoms with Crippen molar-refractivity contribution in [2.45, 2.75) is 106 Å². The van der Waals surface area contributed by atoms with Crippen molar-refractivity contribution in [1.29, 1.82) is 0 Å². The maximum atomic E-state index is 13.9. The molecule has 1 N–H and O–H groups in total. The fraction of sp³-hybridized carbons (Fsp3) is 0.526. The molecule has 0 aliphatic heterocycles. The number of hydrogen-bond donors (Lipinski definition) is 1. The molecule has 0 saturated heterocycles. The van der Waals surface area contributed by atoms with Crippen molar-refractivity contribution in [2.24, 2.45) is 7.05 Å². The summed E-state index contributed by atoms with van der Waals surface area (Å²) in [5, 5.41) is 3.11. The van der Waals surface area contributed by atoms with Crippen molar-refractivity contribution in [2.75, 3.05) is 24.5 Å². The van der Waals surface area contributed by atoms with E-state index < -0.39 is 0 Å². The number of aryl methyl sites for hydroxylation is 2. The number of carbonyl (C=O) groups excluding carboxylic acids is 1. The van der Waals surface area contributed by atoms with Crippen molar-refractivity contribution < 1.29 is 4.79 Å². The summed E-state index contributed by atoms with van der Waals surface area (Å²) in [4.78, 5) is 31.9. The molecular weight excluding hydrogens is 544 g/mol. The molecule has 4 rings (SSSR count). The van der Waals surface area contributed by atoms with Gasteiger partial charge in [-0.15, -0.1) is 0 Å². The van der Waals surface area contributed by atoms with Crippen molar-refractivity contribution >= 4 is 11.6 Å². The number of nitrogens with zero attached hydrogens (tertiary/aromatic N) is 3. The first-order valence-electron chi connectivity index (χ1n) is 16.9. The highest BCUT2D eigenvalue weighted by Gasteiger charge is 2.25. The average molecular weight is 599 g/mol. The summed E-state index contributed by atoms with van der Waals surface area (Å²) in [5.74, 6) is -0.140. The maximum Gasteiger partial charge on any atom is 0.255 e. The molecule has 1 fully saturated rings. The predicted octanol–water partition coefficient (Wildman–Crippen LogP) is 7.69. The van der Waals surface area contributed by atoms with Crippen molar-refractivity contribution in [1.82, 2.24) is 14.8 Å². The fourth-order valence-electron chi connectivity index (χ4n) is 6.89. The molecule has 1 heterocycles. The number of anilines is 1. The van der Waals surface area contributed by atoms with Gasteiger partial charge in [0.2, 0.25) is 0 Å². The van der Waals surface area contributed by atoms with Crippen LogP contribution in [0.25, 0.3) is 11.1 Å². The van der Waals surface area contributed by atoms with Gasteiger partial charge in [0.05, 0.1) is 0 Å². The lowest BCUT2D eigenvalue weighted by molar-refractivity contribution is 0.0950. The highest BCUT2D eigenvalue weighted by atomic mass is 16.2. The lowest BCUT2D eigenvalue weighted by Gasteiger charge is -2.37. The Morgan fingerprint density at radius 3 is 2.18 bits per heavy atom. The Bertz CT molecular complexity index is 1460. The first-order valence-corrected chi connectivity index (χ1v) is 16.9. The van der Waals surface area contributed by atoms with E-state index in [0.29, 0.717) is 17.2 Å². The van der Waals surface area contributed by atoms with E-state index >= 15 is 0 Å². The molecule has 6 heteroatoms. The number of hydrogen-bond acceptors (Lipinski definition) is 4. The van der Waals surface area contributed by atoms with Gasteiger partial charge in [-0.1, -0.05) is 57.4 Å². The number of pyridine rings is 1. The van der Waals surface area contributed by atoms with Crippen LogP contribution in [0.4, 0.5) is 5.69 Å². The third-order valence-corrected chi connectivity index (χ3v) is 9.48. The third-order valence-electron chi connectivity index (χ3n) is 9.48. The minimum absolute atomic E-state index is 0.0556. The van der Waals surface area contributed by atoms with E-state index in [4.69, 9.17) is 0 Å². The largest absolute Gasteiger partial charge is 0.369 e. The first kappa shape index (κ1) is 33.5. The number of nitrogens with one attached hydrogen (secondary N) is 1. The Hall–Kier alpha value is -3.38. The smallest absolute Gasteiger partial charge is 0.255 e. The zero-order valence-corrected chi connectivity index (χ0v) is 28.3. The van der Waals surface area contributed by atoms with Crippen LogP contribution in [-0.4, -0.2) is 41.1 Å². The van der Waals surface area contributed by atoms with E-state index in [1.807, 2.05) is 26.0 Å². The number of rotatable bonds is 13. The van der Waals surface area contributed by atoms with Gasteiger partial charge in [-0.2, -0.15) is 0 Å². The average Bonchev–Trinajstić information content (AvgIpc) is 3.02. The molecule has 0 unspecified atom stereocenters. The molecule has 6 nitrogen and oxygen atoms in total. The van der Waals surface area contributed by atoms with Gasteiger partial charge in [-0.05, 0) is 112 Å². The quantitative estimate of drug-likeness (QED) is 0.219. The molecule has 0 radical (unpaired) electrons. The molecule has 3 aromatic rings. The van der Waals surface area contributed by atoms with Crippen LogP contribution in [0.3, 0.4) is 0 Å². The number of benzene rings is 2. The van der Waals surface area contributed by atoms with E-state index in [1.165, 1.54) is 37.7 Å². The Morgan fingerprint density at radius 2 is 1.57 bits per heavy atom. The number of aromatic nitrogens is 1. The molecule has 0 bridgehead atoms.